The van der Waals surface area contributed by atoms with Gasteiger partial charge in [0.1, 0.15) is 6.33 Å². The number of H-pyrrole nitrogens is 1. The number of aromatic amines is 1. The Morgan fingerprint density at radius 2 is 2.00 bits per heavy atom. The topological polar surface area (TPSA) is 75.6 Å². The van der Waals surface area contributed by atoms with Crippen LogP contribution in [0.5, 0.6) is 0 Å². The summed E-state index contributed by atoms with van der Waals surface area (Å²) in [6.07, 6.45) is 3.50. The average molecular weight is 317 g/mol. The number of para-hydroxylation sites is 1. The third-order valence-corrected chi connectivity index (χ3v) is 3.88. The number of rotatable bonds is 4. The lowest BCUT2D eigenvalue weighted by Gasteiger charge is -2.08. The number of nitrogens with zero attached hydrogens (tertiary/aromatic N) is 3. The third kappa shape index (κ3) is 2.65. The van der Waals surface area contributed by atoms with Crippen LogP contribution in [0, 0.1) is 0 Å². The van der Waals surface area contributed by atoms with Crippen molar-refractivity contribution in [1.82, 2.24) is 25.1 Å². The normalized spacial score (nSPS) is 10.8. The highest BCUT2D eigenvalue weighted by atomic mass is 16.1. The van der Waals surface area contributed by atoms with Crippen molar-refractivity contribution < 1.29 is 4.79 Å². The Hall–Kier alpha value is -3.41. The van der Waals surface area contributed by atoms with Gasteiger partial charge in [-0.15, -0.1) is 10.2 Å². The number of benzene rings is 2. The van der Waals surface area contributed by atoms with Crippen LogP contribution < -0.4 is 5.32 Å². The maximum Gasteiger partial charge on any atom is 0.251 e. The zero-order valence-corrected chi connectivity index (χ0v) is 12.8. The van der Waals surface area contributed by atoms with Crippen LogP contribution >= 0.6 is 0 Å². The lowest BCUT2D eigenvalue weighted by molar-refractivity contribution is 0.0950. The fourth-order valence-corrected chi connectivity index (χ4v) is 2.64. The summed E-state index contributed by atoms with van der Waals surface area (Å²) in [4.78, 5) is 15.5. The van der Waals surface area contributed by atoms with Crippen molar-refractivity contribution in [3.8, 4) is 5.69 Å². The number of hydrogen-bond acceptors (Lipinski definition) is 3. The largest absolute Gasteiger partial charge is 0.361 e. The van der Waals surface area contributed by atoms with Gasteiger partial charge in [-0.2, -0.15) is 0 Å². The number of nitrogens with one attached hydrogen (secondary N) is 2. The van der Waals surface area contributed by atoms with Crippen LogP contribution in [0.3, 0.4) is 0 Å². The number of carbonyl (C=O) groups excluding carboxylic acids is 1. The molecule has 0 aliphatic heterocycles. The summed E-state index contributed by atoms with van der Waals surface area (Å²) in [5.41, 5.74) is 2.59. The maximum atomic E-state index is 12.4. The predicted octanol–water partition coefficient (Wildman–Crippen LogP) is 2.68. The molecule has 2 aromatic heterocycles. The minimum Gasteiger partial charge on any atom is -0.361 e. The Bertz CT molecular complexity index is 987. The van der Waals surface area contributed by atoms with E-state index in [0.29, 0.717) is 17.9 Å². The number of amides is 1. The number of hydrogen-bond donors (Lipinski definition) is 2. The van der Waals surface area contributed by atoms with Crippen molar-refractivity contribution in [1.29, 1.82) is 0 Å². The quantitative estimate of drug-likeness (QED) is 0.607. The Morgan fingerprint density at radius 3 is 2.88 bits per heavy atom. The summed E-state index contributed by atoms with van der Waals surface area (Å²) in [6.45, 7) is 0.304. The van der Waals surface area contributed by atoms with E-state index in [9.17, 15) is 4.79 Å². The van der Waals surface area contributed by atoms with Crippen molar-refractivity contribution in [3.63, 3.8) is 0 Å². The Kier molecular flexibility index (Phi) is 3.55. The van der Waals surface area contributed by atoms with Gasteiger partial charge in [-0.05, 0) is 36.4 Å². The molecule has 2 N–H and O–H groups in total. The Balaban J connectivity index is 1.51. The smallest absolute Gasteiger partial charge is 0.251 e. The third-order valence-electron chi connectivity index (χ3n) is 3.88. The van der Waals surface area contributed by atoms with Crippen molar-refractivity contribution in [2.24, 2.45) is 0 Å². The van der Waals surface area contributed by atoms with E-state index in [1.54, 1.807) is 12.4 Å². The summed E-state index contributed by atoms with van der Waals surface area (Å²) in [7, 11) is 0. The molecule has 2 heterocycles. The molecule has 6 heteroatoms. The van der Waals surface area contributed by atoms with Crippen molar-refractivity contribution in [3.05, 3.63) is 78.5 Å². The lowest BCUT2D eigenvalue weighted by Crippen LogP contribution is -2.24. The van der Waals surface area contributed by atoms with Crippen LogP contribution in [0.2, 0.25) is 0 Å². The van der Waals surface area contributed by atoms with Gasteiger partial charge in [0.05, 0.1) is 6.54 Å². The molecule has 2 aromatic carbocycles. The molecule has 0 fully saturated rings. The molecule has 0 saturated carbocycles. The summed E-state index contributed by atoms with van der Waals surface area (Å²) in [5.74, 6) is 0.540. The van der Waals surface area contributed by atoms with Crippen LogP contribution in [-0.4, -0.2) is 25.7 Å². The summed E-state index contributed by atoms with van der Waals surface area (Å²) >= 11 is 0. The van der Waals surface area contributed by atoms with Crippen molar-refractivity contribution in [2.45, 2.75) is 6.54 Å². The molecule has 118 valence electrons. The highest BCUT2D eigenvalue weighted by Crippen LogP contribution is 2.14. The molecule has 0 unspecified atom stereocenters. The van der Waals surface area contributed by atoms with Crippen LogP contribution in [0.25, 0.3) is 16.6 Å². The van der Waals surface area contributed by atoms with Crippen LogP contribution in [0.15, 0.2) is 67.1 Å². The first-order valence-corrected chi connectivity index (χ1v) is 7.61. The molecule has 6 nitrogen and oxygen atoms in total. The molecule has 0 spiro atoms. The molecule has 0 bridgehead atoms. The van der Waals surface area contributed by atoms with Gasteiger partial charge in [-0.3, -0.25) is 9.36 Å². The number of fused-ring (bicyclic) bond motifs is 1. The predicted molar refractivity (Wildman–Crippen MR) is 90.8 cm³/mol. The Labute approximate surface area is 138 Å². The lowest BCUT2D eigenvalue weighted by atomic mass is 10.1. The molecule has 1 amide bonds. The standard InChI is InChI=1S/C18H15N5O/c24-18(14-6-7-16-13(10-14)8-9-19-16)20-11-17-22-21-12-23(17)15-4-2-1-3-5-15/h1-10,12,19H,11H2,(H,20,24). The minimum absolute atomic E-state index is 0.138. The molecule has 0 radical (unpaired) electrons. The van der Waals surface area contributed by atoms with Gasteiger partial charge in [-0.1, -0.05) is 18.2 Å². The monoisotopic (exact) mass is 317 g/mol. The highest BCUT2D eigenvalue weighted by molar-refractivity contribution is 5.97. The van der Waals surface area contributed by atoms with Gasteiger partial charge in [0, 0.05) is 28.4 Å². The SMILES string of the molecule is O=C(NCc1nncn1-c1ccccc1)c1ccc2[nH]ccc2c1. The molecule has 24 heavy (non-hydrogen) atoms. The fourth-order valence-electron chi connectivity index (χ4n) is 2.64. The maximum absolute atomic E-state index is 12.4. The van der Waals surface area contributed by atoms with E-state index < -0.39 is 0 Å². The van der Waals surface area contributed by atoms with Crippen molar-refractivity contribution in [2.75, 3.05) is 0 Å². The van der Waals surface area contributed by atoms with Crippen LogP contribution in [0.1, 0.15) is 16.2 Å². The van der Waals surface area contributed by atoms with Crippen LogP contribution in [0.4, 0.5) is 0 Å². The van der Waals surface area contributed by atoms with E-state index in [0.717, 1.165) is 16.6 Å². The van der Waals surface area contributed by atoms with E-state index >= 15 is 0 Å². The molecule has 0 saturated heterocycles. The van der Waals surface area contributed by atoms with E-state index in [-0.39, 0.29) is 5.91 Å². The van der Waals surface area contributed by atoms with Gasteiger partial charge in [-0.25, -0.2) is 0 Å². The molecular weight excluding hydrogens is 302 g/mol. The zero-order chi connectivity index (χ0) is 16.4. The van der Waals surface area contributed by atoms with E-state index in [4.69, 9.17) is 0 Å². The molecule has 0 aliphatic carbocycles. The molecule has 0 atom stereocenters. The first-order valence-electron chi connectivity index (χ1n) is 7.61. The fraction of sp³-hybridized carbons (Fsp3) is 0.0556. The van der Waals surface area contributed by atoms with Crippen molar-refractivity contribution >= 4 is 16.8 Å². The van der Waals surface area contributed by atoms with E-state index in [1.165, 1.54) is 0 Å². The van der Waals surface area contributed by atoms with E-state index in [1.807, 2.05) is 59.3 Å². The molecule has 4 aromatic rings. The van der Waals surface area contributed by atoms with Crippen LogP contribution in [-0.2, 0) is 6.54 Å². The minimum atomic E-state index is -0.138. The second kappa shape index (κ2) is 6.00. The zero-order valence-electron chi connectivity index (χ0n) is 12.8. The molecule has 4 rings (SSSR count). The van der Waals surface area contributed by atoms with E-state index in [2.05, 4.69) is 20.5 Å². The first-order chi connectivity index (χ1) is 11.8. The number of carbonyl (C=O) groups is 1. The summed E-state index contributed by atoms with van der Waals surface area (Å²) in [5, 5.41) is 11.9. The highest BCUT2D eigenvalue weighted by Gasteiger charge is 2.10. The Morgan fingerprint density at radius 1 is 1.12 bits per heavy atom. The van der Waals surface area contributed by atoms with Gasteiger partial charge in [0.25, 0.3) is 5.91 Å². The second-order valence-electron chi connectivity index (χ2n) is 5.42. The van der Waals surface area contributed by atoms with Gasteiger partial charge >= 0.3 is 0 Å². The summed E-state index contributed by atoms with van der Waals surface area (Å²) in [6, 6.07) is 17.3. The molecule has 0 aliphatic rings. The van der Waals surface area contributed by atoms with Gasteiger partial charge < -0.3 is 10.3 Å². The molecular formula is C18H15N5O. The average Bonchev–Trinajstić information content (AvgIpc) is 3.28. The van der Waals surface area contributed by atoms with Gasteiger partial charge in [0.15, 0.2) is 5.82 Å². The first kappa shape index (κ1) is 14.2. The van der Waals surface area contributed by atoms with Gasteiger partial charge in [0.2, 0.25) is 0 Å². The summed E-state index contributed by atoms with van der Waals surface area (Å²) < 4.78 is 1.86. The number of aromatic nitrogens is 4. The second-order valence-corrected chi connectivity index (χ2v) is 5.42.